The Hall–Kier alpha value is -3.10. The maximum Gasteiger partial charge on any atom is 0.409 e. The van der Waals surface area contributed by atoms with E-state index < -0.39 is 0 Å². The molecule has 4 rings (SSSR count). The Balaban J connectivity index is 1.38. The molecule has 0 N–H and O–H groups in total. The number of esters is 1. The quantitative estimate of drug-likeness (QED) is 0.410. The third-order valence-electron chi connectivity index (χ3n) is 7.02. The molecule has 0 radical (unpaired) electrons. The fourth-order valence-corrected chi connectivity index (χ4v) is 4.58. The van der Waals surface area contributed by atoms with E-state index in [1.807, 2.05) is 32.9 Å². The number of pyridine rings is 1. The summed E-state index contributed by atoms with van der Waals surface area (Å²) in [6.45, 7) is 6.68. The number of hydrogen-bond acceptors (Lipinski definition) is 8. The monoisotopic (exact) mass is 499 g/mol. The lowest BCUT2D eigenvalue weighted by Crippen LogP contribution is -2.31. The summed E-state index contributed by atoms with van der Waals surface area (Å²) in [6.07, 6.45) is 6.42. The number of carbonyl (C=O) groups is 2. The zero-order valence-corrected chi connectivity index (χ0v) is 21.7. The van der Waals surface area contributed by atoms with E-state index in [4.69, 9.17) is 18.7 Å². The lowest BCUT2D eigenvalue weighted by atomic mass is 9.87. The number of amides is 1. The van der Waals surface area contributed by atoms with Gasteiger partial charge in [0.1, 0.15) is 18.1 Å². The summed E-state index contributed by atoms with van der Waals surface area (Å²) in [5.74, 6) is 1.65. The lowest BCUT2D eigenvalue weighted by molar-refractivity contribution is -0.150. The smallest absolute Gasteiger partial charge is 0.409 e. The Bertz CT molecular complexity index is 1060. The Morgan fingerprint density at radius 2 is 1.92 bits per heavy atom. The molecule has 9 heteroatoms. The van der Waals surface area contributed by atoms with Crippen LogP contribution in [0.25, 0.3) is 11.5 Å². The molecule has 9 nitrogen and oxygen atoms in total. The highest BCUT2D eigenvalue weighted by Crippen LogP contribution is 2.33. The van der Waals surface area contributed by atoms with Gasteiger partial charge in [-0.25, -0.2) is 9.78 Å². The van der Waals surface area contributed by atoms with Crippen LogP contribution in [-0.2, 0) is 20.9 Å². The fraction of sp³-hybridized carbons (Fsp3) is 0.630. The van der Waals surface area contributed by atoms with Crippen molar-refractivity contribution >= 4 is 12.1 Å². The zero-order valence-electron chi connectivity index (χ0n) is 21.7. The van der Waals surface area contributed by atoms with Gasteiger partial charge in [-0.3, -0.25) is 4.79 Å². The summed E-state index contributed by atoms with van der Waals surface area (Å²) < 4.78 is 22.5. The average Bonchev–Trinajstić information content (AvgIpc) is 3.63. The predicted octanol–water partition coefficient (Wildman–Crippen LogP) is 5.22. The van der Waals surface area contributed by atoms with Gasteiger partial charge in [-0.1, -0.05) is 18.0 Å². The standard InChI is InChI=1S/C27H37N3O6/c1-5-33-26(31)20-7-6-8-21(15-20)35-24-12-11-23(28-18(24)3)25-22(17(2)29-36-25)16-34-27(32)30(4)14-13-19-9-10-19/h11-12,19-21H,5-10,13-16H2,1-4H3/t20-,21-/m0/s1. The number of rotatable bonds is 10. The highest BCUT2D eigenvalue weighted by Gasteiger charge is 2.30. The lowest BCUT2D eigenvalue weighted by Gasteiger charge is -2.28. The second-order valence-corrected chi connectivity index (χ2v) is 9.92. The first-order valence-corrected chi connectivity index (χ1v) is 13.0. The van der Waals surface area contributed by atoms with Gasteiger partial charge >= 0.3 is 12.1 Å². The number of ether oxygens (including phenoxy) is 3. The van der Waals surface area contributed by atoms with Crippen molar-refractivity contribution in [2.75, 3.05) is 20.2 Å². The van der Waals surface area contributed by atoms with E-state index in [0.29, 0.717) is 53.7 Å². The van der Waals surface area contributed by atoms with Gasteiger partial charge < -0.3 is 23.6 Å². The highest BCUT2D eigenvalue weighted by atomic mass is 16.6. The molecule has 0 aliphatic heterocycles. The van der Waals surface area contributed by atoms with Crippen LogP contribution >= 0.6 is 0 Å². The van der Waals surface area contributed by atoms with Gasteiger partial charge in [0.2, 0.25) is 0 Å². The van der Waals surface area contributed by atoms with Gasteiger partial charge in [0.15, 0.2) is 5.76 Å². The summed E-state index contributed by atoms with van der Waals surface area (Å²) in [4.78, 5) is 30.9. The van der Waals surface area contributed by atoms with Crippen LogP contribution in [0.3, 0.4) is 0 Å². The first kappa shape index (κ1) is 26.0. The van der Waals surface area contributed by atoms with Crippen LogP contribution in [0.4, 0.5) is 4.79 Å². The highest BCUT2D eigenvalue weighted by molar-refractivity contribution is 5.72. The number of hydrogen-bond donors (Lipinski definition) is 0. The van der Waals surface area contributed by atoms with E-state index in [2.05, 4.69) is 10.1 Å². The minimum Gasteiger partial charge on any atom is -0.489 e. The molecule has 0 aromatic carbocycles. The Morgan fingerprint density at radius 3 is 2.64 bits per heavy atom. The second-order valence-electron chi connectivity index (χ2n) is 9.92. The van der Waals surface area contributed by atoms with E-state index in [1.54, 1.807) is 11.9 Å². The fourth-order valence-electron chi connectivity index (χ4n) is 4.58. The summed E-state index contributed by atoms with van der Waals surface area (Å²) in [5, 5.41) is 4.07. The normalized spacial score (nSPS) is 19.6. The van der Waals surface area contributed by atoms with Crippen LogP contribution in [0.15, 0.2) is 16.7 Å². The van der Waals surface area contributed by atoms with E-state index in [-0.39, 0.29) is 30.7 Å². The molecule has 0 saturated heterocycles. The third kappa shape index (κ3) is 6.56. The Morgan fingerprint density at radius 1 is 1.11 bits per heavy atom. The van der Waals surface area contributed by atoms with Crippen molar-refractivity contribution in [3.63, 3.8) is 0 Å². The molecule has 2 aliphatic rings. The molecule has 2 aromatic heterocycles. The number of aryl methyl sites for hydroxylation is 2. The van der Waals surface area contributed by atoms with Crippen LogP contribution < -0.4 is 4.74 Å². The summed E-state index contributed by atoms with van der Waals surface area (Å²) in [7, 11) is 1.76. The van der Waals surface area contributed by atoms with Gasteiger partial charge in [0.05, 0.1) is 35.6 Å². The van der Waals surface area contributed by atoms with Crippen molar-refractivity contribution in [1.29, 1.82) is 0 Å². The SMILES string of the molecule is CCOC(=O)[C@H]1CCC[C@H](Oc2ccc(-c3onc(C)c3COC(=O)N(C)CCC3CC3)nc2C)C1. The summed E-state index contributed by atoms with van der Waals surface area (Å²) >= 11 is 0. The first-order valence-electron chi connectivity index (χ1n) is 13.0. The van der Waals surface area contributed by atoms with Crippen molar-refractivity contribution in [3.05, 3.63) is 29.1 Å². The molecule has 2 aliphatic carbocycles. The van der Waals surface area contributed by atoms with E-state index in [1.165, 1.54) is 12.8 Å². The van der Waals surface area contributed by atoms with Crippen molar-refractivity contribution < 1.29 is 28.3 Å². The van der Waals surface area contributed by atoms with Crippen LogP contribution in [0.2, 0.25) is 0 Å². The van der Waals surface area contributed by atoms with Crippen LogP contribution in [-0.4, -0.2) is 53.4 Å². The zero-order chi connectivity index (χ0) is 25.7. The molecule has 196 valence electrons. The van der Waals surface area contributed by atoms with Crippen LogP contribution in [0.5, 0.6) is 5.75 Å². The van der Waals surface area contributed by atoms with E-state index in [9.17, 15) is 9.59 Å². The molecule has 0 unspecified atom stereocenters. The number of aromatic nitrogens is 2. The minimum absolute atomic E-state index is 0.0566. The molecule has 1 amide bonds. The van der Waals surface area contributed by atoms with Gasteiger partial charge in [0.25, 0.3) is 0 Å². The van der Waals surface area contributed by atoms with Crippen molar-refractivity contribution in [3.8, 4) is 17.2 Å². The summed E-state index contributed by atoms with van der Waals surface area (Å²) in [6, 6.07) is 3.69. The van der Waals surface area contributed by atoms with Crippen molar-refractivity contribution in [1.82, 2.24) is 15.0 Å². The minimum atomic E-state index is -0.358. The molecule has 0 spiro atoms. The topological polar surface area (TPSA) is 104 Å². The molecular formula is C27H37N3O6. The van der Waals surface area contributed by atoms with Crippen molar-refractivity contribution in [2.45, 2.75) is 78.4 Å². The third-order valence-corrected chi connectivity index (χ3v) is 7.02. The Kier molecular flexibility index (Phi) is 8.48. The van der Waals surface area contributed by atoms with Crippen molar-refractivity contribution in [2.24, 2.45) is 11.8 Å². The maximum atomic E-state index is 12.4. The molecule has 2 saturated carbocycles. The average molecular weight is 500 g/mol. The Labute approximate surface area is 212 Å². The molecule has 2 heterocycles. The number of nitrogens with zero attached hydrogens (tertiary/aromatic N) is 3. The predicted molar refractivity (Wildman–Crippen MR) is 132 cm³/mol. The van der Waals surface area contributed by atoms with Crippen LogP contribution in [0, 0.1) is 25.7 Å². The second kappa shape index (κ2) is 11.8. The molecule has 2 fully saturated rings. The largest absolute Gasteiger partial charge is 0.489 e. The van der Waals surface area contributed by atoms with E-state index >= 15 is 0 Å². The van der Waals surface area contributed by atoms with E-state index in [0.717, 1.165) is 31.6 Å². The van der Waals surface area contributed by atoms with Crippen LogP contribution in [0.1, 0.15) is 68.8 Å². The molecule has 0 bridgehead atoms. The van der Waals surface area contributed by atoms with Gasteiger partial charge in [-0.2, -0.15) is 0 Å². The molecule has 2 atom stereocenters. The van der Waals surface area contributed by atoms with Gasteiger partial charge in [-0.05, 0) is 70.9 Å². The molecular weight excluding hydrogens is 462 g/mol. The van der Waals surface area contributed by atoms with Gasteiger partial charge in [-0.15, -0.1) is 0 Å². The maximum absolute atomic E-state index is 12.4. The first-order chi connectivity index (χ1) is 17.4. The molecule has 36 heavy (non-hydrogen) atoms. The van der Waals surface area contributed by atoms with Gasteiger partial charge in [0, 0.05) is 13.6 Å². The summed E-state index contributed by atoms with van der Waals surface area (Å²) in [5.41, 5.74) is 2.67. The number of carbonyl (C=O) groups excluding carboxylic acids is 2. The molecule has 2 aromatic rings.